The van der Waals surface area contributed by atoms with Crippen LogP contribution < -0.4 is 5.32 Å². The Bertz CT molecular complexity index is 1320. The zero-order valence-corrected chi connectivity index (χ0v) is 26.6. The van der Waals surface area contributed by atoms with Crippen molar-refractivity contribution in [3.05, 3.63) is 71.8 Å². The van der Waals surface area contributed by atoms with Gasteiger partial charge in [-0.15, -0.1) is 0 Å². The van der Waals surface area contributed by atoms with Crippen molar-refractivity contribution in [1.82, 2.24) is 5.32 Å². The minimum Gasteiger partial charge on any atom is -0.479 e. The van der Waals surface area contributed by atoms with Crippen LogP contribution in [0.25, 0.3) is 0 Å². The van der Waals surface area contributed by atoms with Gasteiger partial charge in [-0.25, -0.2) is 4.79 Å². The molecule has 14 nitrogen and oxygen atoms in total. The van der Waals surface area contributed by atoms with Crippen LogP contribution in [0.15, 0.2) is 60.7 Å². The van der Waals surface area contributed by atoms with Gasteiger partial charge in [-0.3, -0.25) is 4.79 Å². The Kier molecular flexibility index (Phi) is 12.5. The van der Waals surface area contributed by atoms with E-state index in [1.165, 1.54) is 0 Å². The first-order valence-corrected chi connectivity index (χ1v) is 16.3. The maximum Gasteiger partial charge on any atom is 0.333 e. The van der Waals surface area contributed by atoms with Crippen molar-refractivity contribution >= 4 is 11.9 Å². The van der Waals surface area contributed by atoms with E-state index in [-0.39, 0.29) is 13.0 Å². The highest BCUT2D eigenvalue weighted by molar-refractivity contribution is 5.94. The molecule has 5 rings (SSSR count). The Morgan fingerprint density at radius 3 is 1.98 bits per heavy atom. The molecule has 2 heterocycles. The predicted molar refractivity (Wildman–Crippen MR) is 166 cm³/mol. The molecule has 0 aromatic heterocycles. The molecule has 264 valence electrons. The van der Waals surface area contributed by atoms with E-state index in [1.54, 1.807) is 67.6 Å². The van der Waals surface area contributed by atoms with Crippen LogP contribution in [0.2, 0.25) is 0 Å². The summed E-state index contributed by atoms with van der Waals surface area (Å²) in [5.74, 6) is -1.74. The van der Waals surface area contributed by atoms with Gasteiger partial charge in [0.25, 0.3) is 5.91 Å². The van der Waals surface area contributed by atoms with Gasteiger partial charge in [-0.1, -0.05) is 61.4 Å². The molecular weight excluding hydrogens is 630 g/mol. The molecule has 2 aliphatic heterocycles. The molecule has 0 bridgehead atoms. The Balaban J connectivity index is 1.34. The molecule has 0 radical (unpaired) electrons. The minimum absolute atomic E-state index is 0.0465. The van der Waals surface area contributed by atoms with Crippen LogP contribution in [0.5, 0.6) is 0 Å². The zero-order chi connectivity index (χ0) is 34.4. The van der Waals surface area contributed by atoms with Crippen molar-refractivity contribution in [3.63, 3.8) is 0 Å². The Hall–Kier alpha value is -3.02. The van der Waals surface area contributed by atoms with Crippen LogP contribution in [0.1, 0.15) is 48.5 Å². The quantitative estimate of drug-likeness (QED) is 0.159. The van der Waals surface area contributed by atoms with Crippen LogP contribution in [0.3, 0.4) is 0 Å². The molecule has 48 heavy (non-hydrogen) atoms. The number of carboxylic acid groups (broad SMARTS) is 1. The summed E-state index contributed by atoms with van der Waals surface area (Å²) in [6, 6.07) is 17.2. The minimum atomic E-state index is -1.66. The number of amides is 1. The zero-order valence-electron chi connectivity index (χ0n) is 26.6. The molecule has 2 aromatic carbocycles. The van der Waals surface area contributed by atoms with Crippen LogP contribution in [0.4, 0.5) is 0 Å². The number of nitrogens with one attached hydrogen (secondary N) is 1. The number of carbonyl (C=O) groups is 2. The fraction of sp³-hybridized carbons (Fsp3) is 0.588. The second kappa shape index (κ2) is 16.6. The lowest BCUT2D eigenvalue weighted by molar-refractivity contribution is -0.342. The van der Waals surface area contributed by atoms with Crippen LogP contribution >= 0.6 is 0 Å². The third kappa shape index (κ3) is 8.76. The summed E-state index contributed by atoms with van der Waals surface area (Å²) in [7, 11) is 0. The third-order valence-electron chi connectivity index (χ3n) is 9.07. The first-order chi connectivity index (χ1) is 23.0. The molecule has 3 aliphatic rings. The Labute approximate surface area is 278 Å². The van der Waals surface area contributed by atoms with Gasteiger partial charge in [0, 0.05) is 18.5 Å². The van der Waals surface area contributed by atoms with Crippen LogP contribution in [-0.2, 0) is 34.9 Å². The molecule has 1 amide bonds. The van der Waals surface area contributed by atoms with E-state index < -0.39 is 91.6 Å². The van der Waals surface area contributed by atoms with Crippen LogP contribution in [0, 0.1) is 0 Å². The molecule has 14 heteroatoms. The summed E-state index contributed by atoms with van der Waals surface area (Å²) in [5.41, 5.74) is 1.04. The van der Waals surface area contributed by atoms with Gasteiger partial charge in [-0.2, -0.15) is 0 Å². The molecule has 13 atom stereocenters. The number of hydrogen-bond acceptors (Lipinski definition) is 12. The molecule has 2 unspecified atom stereocenters. The Morgan fingerprint density at radius 2 is 1.38 bits per heavy atom. The number of aliphatic hydroxyl groups is 5. The number of hydrogen-bond donors (Lipinski definition) is 7. The van der Waals surface area contributed by atoms with Gasteiger partial charge in [0.1, 0.15) is 42.7 Å². The first kappa shape index (κ1) is 36.3. The van der Waals surface area contributed by atoms with E-state index >= 15 is 0 Å². The molecule has 1 saturated carbocycles. The molecular formula is C34H45NO13. The average molecular weight is 676 g/mol. The van der Waals surface area contributed by atoms with Crippen molar-refractivity contribution in [3.8, 4) is 0 Å². The summed E-state index contributed by atoms with van der Waals surface area (Å²) in [5, 5.41) is 66.4. The van der Waals surface area contributed by atoms with Crippen molar-refractivity contribution in [2.75, 3.05) is 6.54 Å². The fourth-order valence-electron chi connectivity index (χ4n) is 6.29. The number of carbonyl (C=O) groups excluding carboxylic acids is 1. The van der Waals surface area contributed by atoms with Gasteiger partial charge >= 0.3 is 5.97 Å². The number of carboxylic acids is 1. The summed E-state index contributed by atoms with van der Waals surface area (Å²) in [4.78, 5) is 25.1. The van der Waals surface area contributed by atoms with E-state index in [4.69, 9.17) is 23.7 Å². The van der Waals surface area contributed by atoms with Crippen molar-refractivity contribution in [2.45, 2.75) is 119 Å². The van der Waals surface area contributed by atoms with Gasteiger partial charge < -0.3 is 59.6 Å². The summed E-state index contributed by atoms with van der Waals surface area (Å²) in [6.07, 6.45) is -14.2. The topological polar surface area (TPSA) is 214 Å². The molecule has 2 saturated heterocycles. The monoisotopic (exact) mass is 675 g/mol. The SMILES string of the molecule is C[C@H]1O[C@H](OC2CCCC[C@@H]2OC2O[C@H](CNC(=O)c3ccccc3)[C@H](O)[C@H](O[C@@H](Cc3ccccc3)C(=O)O)[C@@H]2O)[C@H](O)[C@H](O)[C@@H]1O. The first-order valence-electron chi connectivity index (χ1n) is 16.3. The molecule has 0 spiro atoms. The third-order valence-corrected chi connectivity index (χ3v) is 9.07. The molecule has 7 N–H and O–H groups in total. The largest absolute Gasteiger partial charge is 0.479 e. The van der Waals surface area contributed by atoms with Crippen molar-refractivity contribution in [2.24, 2.45) is 0 Å². The smallest absolute Gasteiger partial charge is 0.333 e. The highest BCUT2D eigenvalue weighted by atomic mass is 16.7. The summed E-state index contributed by atoms with van der Waals surface area (Å²) in [6.45, 7) is 1.32. The average Bonchev–Trinajstić information content (AvgIpc) is 3.09. The maximum absolute atomic E-state index is 12.8. The van der Waals surface area contributed by atoms with E-state index in [1.807, 2.05) is 0 Å². The standard InChI is InChI=1S/C34H45NO13/c1-18-25(36)27(38)28(39)33(44-18)46-21-14-8-9-15-22(21)47-34-29(40)30(45-23(32(42)43)16-19-10-4-2-5-11-19)26(37)24(48-34)17-35-31(41)20-12-6-3-7-13-20/h2-7,10-13,18,21-30,33-34,36-40H,8-9,14-17H2,1H3,(H,35,41)(H,42,43)/t18-,21?,22+,23+,24-,25-,26+,27-,28-,29+,30+,33-,34?/m1/s1. The number of ether oxygens (including phenoxy) is 5. The highest BCUT2D eigenvalue weighted by Gasteiger charge is 2.50. The normalized spacial score (nSPS) is 36.2. The van der Waals surface area contributed by atoms with Gasteiger partial charge in [0.05, 0.1) is 18.3 Å². The second-order valence-electron chi connectivity index (χ2n) is 12.5. The number of aliphatic carboxylic acids is 1. The lowest BCUT2D eigenvalue weighted by atomic mass is 9.93. The highest BCUT2D eigenvalue weighted by Crippen LogP contribution is 2.33. The van der Waals surface area contributed by atoms with Gasteiger partial charge in [0.2, 0.25) is 0 Å². The lowest BCUT2D eigenvalue weighted by Crippen LogP contribution is -2.63. The maximum atomic E-state index is 12.8. The number of benzene rings is 2. The summed E-state index contributed by atoms with van der Waals surface area (Å²) < 4.78 is 29.9. The number of rotatable bonds is 12. The molecule has 2 aromatic rings. The molecule has 1 aliphatic carbocycles. The van der Waals surface area contributed by atoms with E-state index in [2.05, 4.69) is 5.32 Å². The Morgan fingerprint density at radius 1 is 0.792 bits per heavy atom. The van der Waals surface area contributed by atoms with E-state index in [9.17, 15) is 40.2 Å². The van der Waals surface area contributed by atoms with Gasteiger partial charge in [0.15, 0.2) is 18.7 Å². The summed E-state index contributed by atoms with van der Waals surface area (Å²) >= 11 is 0. The van der Waals surface area contributed by atoms with E-state index in [0.29, 0.717) is 24.0 Å². The van der Waals surface area contributed by atoms with Gasteiger partial charge in [-0.05, 0) is 37.5 Å². The van der Waals surface area contributed by atoms with Crippen molar-refractivity contribution in [1.29, 1.82) is 0 Å². The van der Waals surface area contributed by atoms with E-state index in [0.717, 1.165) is 12.8 Å². The second-order valence-corrected chi connectivity index (χ2v) is 12.5. The lowest BCUT2D eigenvalue weighted by Gasteiger charge is -2.46. The predicted octanol–water partition coefficient (Wildman–Crippen LogP) is 0.116. The fourth-order valence-corrected chi connectivity index (χ4v) is 6.29. The van der Waals surface area contributed by atoms with Crippen LogP contribution in [-0.4, -0.2) is 129 Å². The molecule has 3 fully saturated rings. The number of aliphatic hydroxyl groups excluding tert-OH is 5. The van der Waals surface area contributed by atoms with Crippen molar-refractivity contribution < 1.29 is 63.9 Å².